The zero-order chi connectivity index (χ0) is 27.8. The van der Waals surface area contributed by atoms with Crippen molar-refractivity contribution in [2.24, 2.45) is 11.7 Å². The number of rotatable bonds is 6. The van der Waals surface area contributed by atoms with Gasteiger partial charge in [-0.2, -0.15) is 0 Å². The first-order valence-electron chi connectivity index (χ1n) is 11.9. The van der Waals surface area contributed by atoms with E-state index in [2.05, 4.69) is 20.9 Å². The van der Waals surface area contributed by atoms with E-state index in [9.17, 15) is 24.0 Å². The zero-order valence-corrected chi connectivity index (χ0v) is 23.3. The van der Waals surface area contributed by atoms with Crippen LogP contribution in [0.1, 0.15) is 63.0 Å². The molecule has 0 aliphatic carbocycles. The number of allylic oxidation sites excluding steroid dienone is 1. The van der Waals surface area contributed by atoms with Crippen LogP contribution in [0.25, 0.3) is 0 Å². The minimum Gasteiger partial charge on any atom is -0.456 e. The molecule has 1 aliphatic heterocycles. The lowest BCUT2D eigenvalue weighted by molar-refractivity contribution is -0.153. The van der Waals surface area contributed by atoms with Gasteiger partial charge in [0, 0.05) is 11.1 Å². The molecule has 5 N–H and O–H groups in total. The number of esters is 1. The topological polar surface area (TPSA) is 170 Å². The van der Waals surface area contributed by atoms with E-state index in [1.807, 2.05) is 0 Å². The summed E-state index contributed by atoms with van der Waals surface area (Å²) in [6.07, 6.45) is 2.78. The van der Waals surface area contributed by atoms with Gasteiger partial charge in [0.15, 0.2) is 0 Å². The van der Waals surface area contributed by atoms with Crippen LogP contribution in [-0.4, -0.2) is 63.3 Å². The average Bonchev–Trinajstić information content (AvgIpc) is 3.28. The highest BCUT2D eigenvalue weighted by atomic mass is 32.2. The lowest BCUT2D eigenvalue weighted by Gasteiger charge is -2.29. The molecule has 0 fully saturated rings. The molecule has 3 atom stereocenters. The monoisotopic (exact) mass is 553 g/mol. The molecule has 1 aromatic heterocycles. The number of carbonyl (C=O) groups is 5. The van der Waals surface area contributed by atoms with Crippen LogP contribution in [0.3, 0.4) is 0 Å². The van der Waals surface area contributed by atoms with E-state index in [1.54, 1.807) is 38.3 Å². The molecule has 1 aromatic rings. The molecule has 0 saturated carbocycles. The SMILES string of the molecule is CC(N)C(=O)SCCC=CC1CC(=O)NCc2nc(cs2)C(=O)NC(C)(C)C(=O)NC(C(C)C)C(=O)O1. The minimum atomic E-state index is -1.34. The molecule has 3 amide bonds. The molecule has 2 rings (SSSR count). The number of amides is 3. The van der Waals surface area contributed by atoms with Crippen molar-refractivity contribution in [1.82, 2.24) is 20.9 Å². The molecule has 0 radical (unpaired) electrons. The van der Waals surface area contributed by atoms with Crippen molar-refractivity contribution < 1.29 is 28.7 Å². The number of cyclic esters (lactones) is 1. The van der Waals surface area contributed by atoms with E-state index < -0.39 is 41.5 Å². The smallest absolute Gasteiger partial charge is 0.329 e. The first-order valence-corrected chi connectivity index (χ1v) is 13.8. The fraction of sp³-hybridized carbons (Fsp3) is 0.583. The molecular weight excluding hydrogens is 518 g/mol. The Hall–Kier alpha value is -2.77. The van der Waals surface area contributed by atoms with E-state index in [4.69, 9.17) is 10.5 Å². The fourth-order valence-corrected chi connectivity index (χ4v) is 4.56. The van der Waals surface area contributed by atoms with Gasteiger partial charge in [-0.15, -0.1) is 11.3 Å². The number of nitrogens with one attached hydrogen (secondary N) is 3. The summed E-state index contributed by atoms with van der Waals surface area (Å²) in [4.78, 5) is 67.2. The lowest BCUT2D eigenvalue weighted by atomic mass is 9.99. The van der Waals surface area contributed by atoms with Crippen molar-refractivity contribution in [3.8, 4) is 0 Å². The third kappa shape index (κ3) is 9.56. The molecule has 0 saturated heterocycles. The first-order chi connectivity index (χ1) is 17.3. The van der Waals surface area contributed by atoms with Crippen LogP contribution < -0.4 is 21.7 Å². The summed E-state index contributed by atoms with van der Waals surface area (Å²) in [5.41, 5.74) is 4.35. The molecule has 3 unspecified atom stereocenters. The normalized spacial score (nSPS) is 22.2. The van der Waals surface area contributed by atoms with E-state index >= 15 is 0 Å². The number of thioether (sulfide) groups is 1. The number of aromatic nitrogens is 1. The third-order valence-electron chi connectivity index (χ3n) is 5.33. The van der Waals surface area contributed by atoms with Gasteiger partial charge >= 0.3 is 5.97 Å². The van der Waals surface area contributed by atoms with Gasteiger partial charge in [0.25, 0.3) is 5.91 Å². The van der Waals surface area contributed by atoms with Gasteiger partial charge in [0.05, 0.1) is 19.0 Å². The zero-order valence-electron chi connectivity index (χ0n) is 21.7. The Bertz CT molecular complexity index is 1040. The van der Waals surface area contributed by atoms with Gasteiger partial charge in [-0.1, -0.05) is 31.7 Å². The third-order valence-corrected chi connectivity index (χ3v) is 7.27. The number of ether oxygens (including phenoxy) is 1. The highest BCUT2D eigenvalue weighted by molar-refractivity contribution is 8.13. The Morgan fingerprint density at radius 3 is 2.65 bits per heavy atom. The van der Waals surface area contributed by atoms with Crippen LogP contribution in [0.4, 0.5) is 0 Å². The molecule has 0 aromatic carbocycles. The number of hydrogen-bond donors (Lipinski definition) is 4. The molecule has 2 heterocycles. The van der Waals surface area contributed by atoms with E-state index in [1.165, 1.54) is 25.2 Å². The molecular formula is C24H35N5O6S2. The van der Waals surface area contributed by atoms with Crippen LogP contribution in [0.15, 0.2) is 17.5 Å². The molecule has 204 valence electrons. The van der Waals surface area contributed by atoms with Crippen molar-refractivity contribution in [3.05, 3.63) is 28.2 Å². The Morgan fingerprint density at radius 1 is 1.30 bits per heavy atom. The van der Waals surface area contributed by atoms with Gasteiger partial charge in [0.2, 0.25) is 16.9 Å². The molecule has 2 bridgehead atoms. The molecule has 13 heteroatoms. The fourth-order valence-electron chi connectivity index (χ4n) is 3.13. The summed E-state index contributed by atoms with van der Waals surface area (Å²) >= 11 is 2.31. The van der Waals surface area contributed by atoms with Crippen molar-refractivity contribution in [2.75, 3.05) is 5.75 Å². The maximum atomic E-state index is 13.1. The molecule has 1 aliphatic rings. The number of fused-ring (bicyclic) bond motifs is 2. The predicted molar refractivity (Wildman–Crippen MR) is 142 cm³/mol. The Morgan fingerprint density at radius 2 is 2.00 bits per heavy atom. The summed E-state index contributed by atoms with van der Waals surface area (Å²) in [6.45, 7) is 8.26. The van der Waals surface area contributed by atoms with E-state index in [0.717, 1.165) is 11.8 Å². The van der Waals surface area contributed by atoms with Crippen molar-refractivity contribution in [2.45, 2.75) is 77.7 Å². The van der Waals surface area contributed by atoms with E-state index in [0.29, 0.717) is 17.2 Å². The number of carbonyl (C=O) groups excluding carboxylic acids is 5. The van der Waals surface area contributed by atoms with E-state index in [-0.39, 0.29) is 35.6 Å². The maximum Gasteiger partial charge on any atom is 0.329 e. The summed E-state index contributed by atoms with van der Waals surface area (Å²) in [5.74, 6) is -2.05. The van der Waals surface area contributed by atoms with Gasteiger partial charge in [-0.3, -0.25) is 19.2 Å². The quantitative estimate of drug-likeness (QED) is 0.230. The van der Waals surface area contributed by atoms with Crippen molar-refractivity contribution in [3.63, 3.8) is 0 Å². The second-order valence-corrected chi connectivity index (χ2v) is 11.6. The molecule has 11 nitrogen and oxygen atoms in total. The second-order valence-electron chi connectivity index (χ2n) is 9.53. The molecule has 0 spiro atoms. The Labute approximate surface area is 224 Å². The maximum absolute atomic E-state index is 13.1. The molecule has 37 heavy (non-hydrogen) atoms. The lowest BCUT2D eigenvalue weighted by Crippen LogP contribution is -2.59. The highest BCUT2D eigenvalue weighted by Crippen LogP contribution is 2.15. The summed E-state index contributed by atoms with van der Waals surface area (Å²) < 4.78 is 5.63. The minimum absolute atomic E-state index is 0.0929. The largest absolute Gasteiger partial charge is 0.456 e. The standard InChI is InChI=1S/C24H35N5O6S2/c1-13(2)19-21(32)35-15(8-6-7-9-36-22(33)14(3)25)10-17(30)26-11-18-27-16(12-37-18)20(31)29-24(4,5)23(34)28-19/h6,8,12-15,19H,7,9-11,25H2,1-5H3,(H,26,30)(H,28,34)(H,29,31). The number of nitrogens with zero attached hydrogens (tertiary/aromatic N) is 1. The number of nitrogens with two attached hydrogens (primary N) is 1. The van der Waals surface area contributed by atoms with Crippen LogP contribution in [0, 0.1) is 5.92 Å². The number of hydrogen-bond acceptors (Lipinski definition) is 10. The second kappa shape index (κ2) is 13.7. The number of thiazole rings is 1. The van der Waals surface area contributed by atoms with Gasteiger partial charge < -0.3 is 26.4 Å². The Balaban J connectivity index is 2.25. The van der Waals surface area contributed by atoms with Crippen LogP contribution in [-0.2, 0) is 30.5 Å². The van der Waals surface area contributed by atoms with Gasteiger partial charge in [0.1, 0.15) is 28.4 Å². The highest BCUT2D eigenvalue weighted by Gasteiger charge is 2.36. The van der Waals surface area contributed by atoms with Crippen LogP contribution in [0.5, 0.6) is 0 Å². The predicted octanol–water partition coefficient (Wildman–Crippen LogP) is 1.28. The summed E-state index contributed by atoms with van der Waals surface area (Å²) in [7, 11) is 0. The van der Waals surface area contributed by atoms with Crippen molar-refractivity contribution in [1.29, 1.82) is 0 Å². The van der Waals surface area contributed by atoms with Gasteiger partial charge in [-0.05, 0) is 39.2 Å². The summed E-state index contributed by atoms with van der Waals surface area (Å²) in [6, 6.07) is -1.57. The van der Waals surface area contributed by atoms with Crippen molar-refractivity contribution >= 4 is 51.9 Å². The van der Waals surface area contributed by atoms with Crippen LogP contribution in [0.2, 0.25) is 0 Å². The van der Waals surface area contributed by atoms with Crippen LogP contribution >= 0.6 is 23.1 Å². The van der Waals surface area contributed by atoms with Gasteiger partial charge in [-0.25, -0.2) is 9.78 Å². The first kappa shape index (κ1) is 30.5. The Kier molecular flexibility index (Phi) is 11.3. The summed E-state index contributed by atoms with van der Waals surface area (Å²) in [5, 5.41) is 9.96. The average molecular weight is 554 g/mol.